The highest BCUT2D eigenvalue weighted by Gasteiger charge is 2.14. The number of ether oxygens (including phenoxy) is 2. The Morgan fingerprint density at radius 3 is 2.53 bits per heavy atom. The maximum Gasteiger partial charge on any atom is 0.258 e. The second-order valence-electron chi connectivity index (χ2n) is 7.72. The van der Waals surface area contributed by atoms with Gasteiger partial charge in [0.05, 0.1) is 24.0 Å². The minimum Gasteiger partial charge on any atom is -0.496 e. The van der Waals surface area contributed by atoms with Crippen LogP contribution in [0.2, 0.25) is 5.02 Å². The molecule has 0 radical (unpaired) electrons. The SMILES string of the molecule is COc1cccc(-n2ccc(OCc3ccc4ccccc4n3)cc2=O)c1-c1ccc(Cl)cc1. The number of aromatic nitrogens is 2. The third kappa shape index (κ3) is 4.38. The van der Waals surface area contributed by atoms with E-state index in [1.54, 1.807) is 23.9 Å². The molecule has 0 unspecified atom stereocenters. The number of methoxy groups -OCH3 is 1. The fraction of sp³-hybridized carbons (Fsp3) is 0.0714. The van der Waals surface area contributed by atoms with Crippen LogP contribution < -0.4 is 15.0 Å². The molecule has 0 atom stereocenters. The Morgan fingerprint density at radius 2 is 1.74 bits per heavy atom. The van der Waals surface area contributed by atoms with Gasteiger partial charge in [-0.25, -0.2) is 4.98 Å². The molecule has 6 heteroatoms. The number of para-hydroxylation sites is 1. The van der Waals surface area contributed by atoms with Gasteiger partial charge >= 0.3 is 0 Å². The fourth-order valence-electron chi connectivity index (χ4n) is 3.89. The molecule has 0 amide bonds. The second kappa shape index (κ2) is 9.41. The monoisotopic (exact) mass is 468 g/mol. The molecule has 2 aromatic heterocycles. The molecule has 0 spiro atoms. The molecular weight excluding hydrogens is 448 g/mol. The molecule has 0 N–H and O–H groups in total. The lowest BCUT2D eigenvalue weighted by atomic mass is 10.0. The van der Waals surface area contributed by atoms with Crippen molar-refractivity contribution in [2.75, 3.05) is 7.11 Å². The highest BCUT2D eigenvalue weighted by molar-refractivity contribution is 6.30. The first-order valence-electron chi connectivity index (χ1n) is 10.8. The zero-order chi connectivity index (χ0) is 23.5. The third-order valence-electron chi connectivity index (χ3n) is 5.55. The molecule has 0 aliphatic heterocycles. The van der Waals surface area contributed by atoms with Gasteiger partial charge in [0.1, 0.15) is 18.1 Å². The van der Waals surface area contributed by atoms with Crippen molar-refractivity contribution in [3.8, 4) is 28.3 Å². The highest BCUT2D eigenvalue weighted by Crippen LogP contribution is 2.35. The molecule has 5 nitrogen and oxygen atoms in total. The van der Waals surface area contributed by atoms with E-state index in [-0.39, 0.29) is 12.2 Å². The third-order valence-corrected chi connectivity index (χ3v) is 5.80. The van der Waals surface area contributed by atoms with Crippen LogP contribution >= 0.6 is 11.6 Å². The predicted octanol–water partition coefficient (Wildman–Crippen LogP) is 6.29. The van der Waals surface area contributed by atoms with Gasteiger partial charge in [-0.3, -0.25) is 9.36 Å². The summed E-state index contributed by atoms with van der Waals surface area (Å²) in [5, 5.41) is 1.71. The van der Waals surface area contributed by atoms with E-state index in [0.29, 0.717) is 22.2 Å². The quantitative estimate of drug-likeness (QED) is 0.293. The molecule has 34 heavy (non-hydrogen) atoms. The van der Waals surface area contributed by atoms with Gasteiger partial charge < -0.3 is 9.47 Å². The Labute approximate surface area is 201 Å². The van der Waals surface area contributed by atoms with Crippen molar-refractivity contribution < 1.29 is 9.47 Å². The first-order valence-corrected chi connectivity index (χ1v) is 11.1. The molecule has 168 valence electrons. The van der Waals surface area contributed by atoms with Gasteiger partial charge in [-0.05, 0) is 48.0 Å². The lowest BCUT2D eigenvalue weighted by Gasteiger charge is -2.16. The van der Waals surface area contributed by atoms with Crippen LogP contribution in [0, 0.1) is 0 Å². The molecule has 0 aliphatic carbocycles. The van der Waals surface area contributed by atoms with Gasteiger partial charge in [-0.2, -0.15) is 0 Å². The van der Waals surface area contributed by atoms with Gasteiger partial charge in [0.25, 0.3) is 5.56 Å². The number of nitrogens with zero attached hydrogens (tertiary/aromatic N) is 2. The maximum absolute atomic E-state index is 13.1. The second-order valence-corrected chi connectivity index (χ2v) is 8.15. The largest absolute Gasteiger partial charge is 0.496 e. The molecular formula is C28H21ClN2O3. The van der Waals surface area contributed by atoms with Crippen molar-refractivity contribution in [2.45, 2.75) is 6.61 Å². The molecule has 0 fully saturated rings. The summed E-state index contributed by atoms with van der Waals surface area (Å²) in [6.45, 7) is 0.267. The van der Waals surface area contributed by atoms with Crippen LogP contribution in [-0.2, 0) is 6.61 Å². The van der Waals surface area contributed by atoms with Crippen molar-refractivity contribution in [1.29, 1.82) is 0 Å². The van der Waals surface area contributed by atoms with Crippen LogP contribution in [0.5, 0.6) is 11.5 Å². The van der Waals surface area contributed by atoms with Crippen LogP contribution in [0.25, 0.3) is 27.7 Å². The minimum absolute atomic E-state index is 0.215. The van der Waals surface area contributed by atoms with E-state index in [1.807, 2.05) is 78.9 Å². The normalized spacial score (nSPS) is 10.9. The van der Waals surface area contributed by atoms with Crippen molar-refractivity contribution in [2.24, 2.45) is 0 Å². The van der Waals surface area contributed by atoms with Gasteiger partial charge in [-0.1, -0.05) is 54.1 Å². The van der Waals surface area contributed by atoms with Crippen LogP contribution in [0.3, 0.4) is 0 Å². The lowest BCUT2D eigenvalue weighted by Crippen LogP contribution is -2.17. The van der Waals surface area contributed by atoms with Gasteiger partial charge in [0.2, 0.25) is 0 Å². The molecule has 5 rings (SSSR count). The number of hydrogen-bond donors (Lipinski definition) is 0. The van der Waals surface area contributed by atoms with Crippen LogP contribution in [0.4, 0.5) is 0 Å². The number of rotatable bonds is 6. The van der Waals surface area contributed by atoms with E-state index in [4.69, 9.17) is 21.1 Å². The molecule has 2 heterocycles. The number of halogens is 1. The predicted molar refractivity (Wildman–Crippen MR) is 135 cm³/mol. The first-order chi connectivity index (χ1) is 16.6. The summed E-state index contributed by atoms with van der Waals surface area (Å²) in [6.07, 6.45) is 1.71. The average Bonchev–Trinajstić information content (AvgIpc) is 2.87. The van der Waals surface area contributed by atoms with Crippen LogP contribution in [0.15, 0.2) is 102 Å². The summed E-state index contributed by atoms with van der Waals surface area (Å²) < 4.78 is 13.0. The smallest absolute Gasteiger partial charge is 0.258 e. The van der Waals surface area contributed by atoms with Gasteiger partial charge in [0, 0.05) is 28.2 Å². The number of fused-ring (bicyclic) bond motifs is 1. The van der Waals surface area contributed by atoms with Crippen molar-refractivity contribution >= 4 is 22.5 Å². The van der Waals surface area contributed by atoms with Gasteiger partial charge in [-0.15, -0.1) is 0 Å². The summed E-state index contributed by atoms with van der Waals surface area (Å²) in [4.78, 5) is 17.7. The Kier molecular flexibility index (Phi) is 6.02. The molecule has 0 aliphatic rings. The molecule has 3 aromatic carbocycles. The Morgan fingerprint density at radius 1 is 0.912 bits per heavy atom. The van der Waals surface area contributed by atoms with Crippen LogP contribution in [-0.4, -0.2) is 16.7 Å². The summed E-state index contributed by atoms with van der Waals surface area (Å²) in [7, 11) is 1.61. The van der Waals surface area contributed by atoms with Crippen molar-refractivity contribution in [3.63, 3.8) is 0 Å². The Balaban J connectivity index is 1.45. The zero-order valence-corrected chi connectivity index (χ0v) is 19.2. The van der Waals surface area contributed by atoms with Crippen LogP contribution in [0.1, 0.15) is 5.69 Å². The van der Waals surface area contributed by atoms with Gasteiger partial charge in [0.15, 0.2) is 0 Å². The topological polar surface area (TPSA) is 53.4 Å². The Hall–Kier alpha value is -4.09. The van der Waals surface area contributed by atoms with E-state index >= 15 is 0 Å². The molecule has 0 saturated heterocycles. The Bertz CT molecular complexity index is 1530. The summed E-state index contributed by atoms with van der Waals surface area (Å²) in [5.41, 5.74) is 3.89. The van der Waals surface area contributed by atoms with E-state index in [1.165, 1.54) is 6.07 Å². The van der Waals surface area contributed by atoms with E-state index in [9.17, 15) is 4.79 Å². The number of hydrogen-bond acceptors (Lipinski definition) is 4. The summed E-state index contributed by atoms with van der Waals surface area (Å²) >= 11 is 6.07. The maximum atomic E-state index is 13.1. The zero-order valence-electron chi connectivity index (χ0n) is 18.4. The fourth-order valence-corrected chi connectivity index (χ4v) is 4.02. The average molecular weight is 469 g/mol. The summed E-state index contributed by atoms with van der Waals surface area (Å²) in [5.74, 6) is 1.14. The van der Waals surface area contributed by atoms with E-state index in [2.05, 4.69) is 4.98 Å². The molecule has 5 aromatic rings. The van der Waals surface area contributed by atoms with Crippen molar-refractivity contribution in [1.82, 2.24) is 9.55 Å². The lowest BCUT2D eigenvalue weighted by molar-refractivity contribution is 0.301. The van der Waals surface area contributed by atoms with E-state index < -0.39 is 0 Å². The first kappa shape index (κ1) is 21.7. The molecule has 0 bridgehead atoms. The minimum atomic E-state index is -0.215. The number of benzene rings is 3. The number of pyridine rings is 2. The molecule has 0 saturated carbocycles. The van der Waals surface area contributed by atoms with E-state index in [0.717, 1.165) is 27.7 Å². The summed E-state index contributed by atoms with van der Waals surface area (Å²) in [6, 6.07) is 28.2. The highest BCUT2D eigenvalue weighted by atomic mass is 35.5. The van der Waals surface area contributed by atoms with Crippen molar-refractivity contribution in [3.05, 3.63) is 118 Å². The standard InChI is InChI=1S/C28H21ClN2O3/c1-33-26-8-4-7-25(28(26)20-9-12-21(29)13-10-20)31-16-15-23(17-27(31)32)34-18-22-14-11-19-5-2-3-6-24(19)30-22/h2-17H,18H2,1H3.